The van der Waals surface area contributed by atoms with Gasteiger partial charge in [-0.15, -0.1) is 0 Å². The quantitative estimate of drug-likeness (QED) is 0.520. The second kappa shape index (κ2) is 8.49. The fraction of sp³-hybridized carbons (Fsp3) is 0.294. The van der Waals surface area contributed by atoms with E-state index in [4.69, 9.17) is 4.74 Å². The summed E-state index contributed by atoms with van der Waals surface area (Å²) in [6, 6.07) is 9.51. The average Bonchev–Trinajstić information content (AvgIpc) is 2.55. The molecular formula is C17H21AsN2O4S. The second-order valence-corrected chi connectivity index (χ2v) is 12.8. The van der Waals surface area contributed by atoms with Crippen LogP contribution in [0.4, 0.5) is 5.82 Å². The van der Waals surface area contributed by atoms with E-state index in [1.54, 1.807) is 18.2 Å². The number of carbonyl (C=O) groups is 1. The number of sulfonamides is 1. The van der Waals surface area contributed by atoms with Gasteiger partial charge >= 0.3 is 141 Å². The van der Waals surface area contributed by atoms with E-state index in [0.29, 0.717) is 17.9 Å². The van der Waals surface area contributed by atoms with Crippen molar-refractivity contribution >= 4 is 36.3 Å². The van der Waals surface area contributed by atoms with Crippen LogP contribution in [0.15, 0.2) is 47.5 Å². The third kappa shape index (κ3) is 5.58. The Bertz CT molecular complexity index is 836. The number of aromatic nitrogens is 1. The number of anilines is 1. The van der Waals surface area contributed by atoms with Gasteiger partial charge in [0.05, 0.1) is 0 Å². The summed E-state index contributed by atoms with van der Waals surface area (Å²) < 4.78 is 33.4. The number of nitrogens with zero attached hydrogens (tertiary/aromatic N) is 1. The van der Waals surface area contributed by atoms with E-state index in [2.05, 4.69) is 21.1 Å². The molecule has 0 aliphatic heterocycles. The monoisotopic (exact) mass is 424 g/mol. The molecular weight excluding hydrogens is 403 g/mol. The Morgan fingerprint density at radius 3 is 2.52 bits per heavy atom. The van der Waals surface area contributed by atoms with E-state index >= 15 is 0 Å². The van der Waals surface area contributed by atoms with Crippen molar-refractivity contribution in [3.8, 4) is 5.75 Å². The first-order valence-electron chi connectivity index (χ1n) is 7.66. The number of carbonyl (C=O) groups excluding carboxylic acids is 1. The molecule has 0 unspecified atom stereocenters. The van der Waals surface area contributed by atoms with E-state index in [0.717, 1.165) is 5.21 Å². The Kier molecular flexibility index (Phi) is 6.62. The normalized spacial score (nSPS) is 11.4. The number of hydrogen-bond donors (Lipinski definition) is 1. The van der Waals surface area contributed by atoms with Gasteiger partial charge in [0.15, 0.2) is 0 Å². The zero-order chi connectivity index (χ0) is 18.4. The standard InChI is InChI=1S/C17H21AsN2O4S/c1-13(21)14-8-9-17(19-12-14)20-25(22,23)16-7-5-4-6-15(16)24-11-10-18(2)3/h4-9,12H,10-11H2,1-3H3,(H,19,20). The average molecular weight is 424 g/mol. The van der Waals surface area contributed by atoms with Gasteiger partial charge in [-0.1, -0.05) is 0 Å². The number of benzene rings is 1. The van der Waals surface area contributed by atoms with Crippen LogP contribution < -0.4 is 9.46 Å². The SMILES string of the molecule is CC(=O)c1ccc(NS(=O)(=O)c2ccccc2OCC[As](C)C)nc1. The first kappa shape index (κ1) is 19.5. The summed E-state index contributed by atoms with van der Waals surface area (Å²) in [6.45, 7) is 1.93. The first-order chi connectivity index (χ1) is 11.8. The number of pyridine rings is 1. The minimum absolute atomic E-state index is 0.0682. The van der Waals surface area contributed by atoms with Gasteiger partial charge in [-0.25, -0.2) is 0 Å². The molecule has 1 aromatic carbocycles. The van der Waals surface area contributed by atoms with Crippen LogP contribution in [0.25, 0.3) is 0 Å². The number of hydrogen-bond acceptors (Lipinski definition) is 5. The Labute approximate surface area is 152 Å². The Morgan fingerprint density at radius 1 is 1.20 bits per heavy atom. The molecule has 0 amide bonds. The molecule has 1 N–H and O–H groups in total. The van der Waals surface area contributed by atoms with Gasteiger partial charge in [-0.3, -0.25) is 4.79 Å². The van der Waals surface area contributed by atoms with E-state index < -0.39 is 24.7 Å². The van der Waals surface area contributed by atoms with Crippen molar-refractivity contribution < 1.29 is 17.9 Å². The van der Waals surface area contributed by atoms with Gasteiger partial charge in [0.1, 0.15) is 0 Å². The summed E-state index contributed by atoms with van der Waals surface area (Å²) in [7, 11) is -3.84. The molecule has 0 aliphatic rings. The summed E-state index contributed by atoms with van der Waals surface area (Å²) in [5.41, 5.74) is 4.86. The molecule has 0 atom stereocenters. The summed E-state index contributed by atoms with van der Waals surface area (Å²) in [5, 5.41) is 0.975. The van der Waals surface area contributed by atoms with Crippen LogP contribution in [0.5, 0.6) is 5.75 Å². The Balaban J connectivity index is 2.20. The molecule has 0 bridgehead atoms. The number of rotatable bonds is 8. The Hall–Kier alpha value is -1.85. The van der Waals surface area contributed by atoms with Crippen LogP contribution >= 0.6 is 0 Å². The fourth-order valence-corrected chi connectivity index (χ4v) is 4.10. The molecule has 0 spiro atoms. The van der Waals surface area contributed by atoms with Crippen molar-refractivity contribution in [2.24, 2.45) is 0 Å². The zero-order valence-electron chi connectivity index (χ0n) is 14.4. The molecule has 25 heavy (non-hydrogen) atoms. The van der Waals surface area contributed by atoms with E-state index in [1.807, 2.05) is 0 Å². The molecule has 1 heterocycles. The second-order valence-electron chi connectivity index (χ2n) is 5.69. The van der Waals surface area contributed by atoms with Gasteiger partial charge in [0, 0.05) is 0 Å². The third-order valence-corrected chi connectivity index (χ3v) is 7.00. The number of para-hydroxylation sites is 1. The molecule has 0 saturated carbocycles. The van der Waals surface area contributed by atoms with Crippen LogP contribution in [0.3, 0.4) is 0 Å². The molecule has 1 aromatic heterocycles. The summed E-state index contributed by atoms with van der Waals surface area (Å²) in [5.74, 6) is 0.343. The molecule has 8 heteroatoms. The molecule has 2 aromatic rings. The van der Waals surface area contributed by atoms with Crippen molar-refractivity contribution in [3.63, 3.8) is 0 Å². The van der Waals surface area contributed by atoms with Crippen molar-refractivity contribution in [2.75, 3.05) is 11.3 Å². The number of ketones is 1. The molecule has 0 aliphatic carbocycles. The van der Waals surface area contributed by atoms with Crippen LogP contribution in [0.2, 0.25) is 16.6 Å². The van der Waals surface area contributed by atoms with Gasteiger partial charge in [-0.05, 0) is 6.92 Å². The fourth-order valence-electron chi connectivity index (χ4n) is 1.98. The maximum atomic E-state index is 12.6. The number of ether oxygens (including phenoxy) is 1. The molecule has 0 saturated heterocycles. The van der Waals surface area contributed by atoms with Crippen LogP contribution in [0.1, 0.15) is 17.3 Å². The van der Waals surface area contributed by atoms with Crippen molar-refractivity contribution in [1.29, 1.82) is 0 Å². The number of Topliss-reactive ketones (excluding diaryl/α,β-unsaturated/α-hetero) is 1. The molecule has 6 nitrogen and oxygen atoms in total. The van der Waals surface area contributed by atoms with E-state index in [-0.39, 0.29) is 16.5 Å². The molecule has 134 valence electrons. The van der Waals surface area contributed by atoms with Gasteiger partial charge in [-0.2, -0.15) is 0 Å². The predicted octanol–water partition coefficient (Wildman–Crippen LogP) is 3.22. The Morgan fingerprint density at radius 2 is 1.92 bits per heavy atom. The summed E-state index contributed by atoms with van der Waals surface area (Å²) >= 11 is -0.828. The minimum atomic E-state index is -3.84. The van der Waals surface area contributed by atoms with Gasteiger partial charge in [0.25, 0.3) is 0 Å². The molecule has 0 radical (unpaired) electrons. The van der Waals surface area contributed by atoms with Gasteiger partial charge < -0.3 is 0 Å². The zero-order valence-corrected chi connectivity index (χ0v) is 17.1. The van der Waals surface area contributed by atoms with Crippen molar-refractivity contribution in [2.45, 2.75) is 28.5 Å². The number of nitrogens with one attached hydrogen (secondary N) is 1. The predicted molar refractivity (Wildman–Crippen MR) is 99.3 cm³/mol. The maximum absolute atomic E-state index is 12.6. The van der Waals surface area contributed by atoms with Crippen LogP contribution in [-0.2, 0) is 10.0 Å². The van der Waals surface area contributed by atoms with Crippen molar-refractivity contribution in [1.82, 2.24) is 4.98 Å². The molecule has 0 fully saturated rings. The van der Waals surface area contributed by atoms with E-state index in [9.17, 15) is 13.2 Å². The van der Waals surface area contributed by atoms with Crippen LogP contribution in [-0.4, -0.2) is 40.4 Å². The summed E-state index contributed by atoms with van der Waals surface area (Å²) in [6.07, 6.45) is 1.34. The summed E-state index contributed by atoms with van der Waals surface area (Å²) in [4.78, 5) is 15.3. The third-order valence-electron chi connectivity index (χ3n) is 3.34. The molecule has 2 rings (SSSR count). The topological polar surface area (TPSA) is 85.4 Å². The van der Waals surface area contributed by atoms with Gasteiger partial charge in [0.2, 0.25) is 0 Å². The van der Waals surface area contributed by atoms with Crippen molar-refractivity contribution in [3.05, 3.63) is 48.2 Å². The van der Waals surface area contributed by atoms with E-state index in [1.165, 1.54) is 31.3 Å². The first-order valence-corrected chi connectivity index (χ1v) is 14.2. The van der Waals surface area contributed by atoms with Crippen LogP contribution in [0, 0.1) is 0 Å².